The molecular formula is C14H15FN4O. The van der Waals surface area contributed by atoms with Crippen LogP contribution in [0.4, 0.5) is 10.2 Å². The van der Waals surface area contributed by atoms with Crippen molar-refractivity contribution in [1.82, 2.24) is 15.5 Å². The number of nitrogens with one attached hydrogen (secondary N) is 2. The number of aromatic nitrogens is 2. The van der Waals surface area contributed by atoms with Gasteiger partial charge in [-0.1, -0.05) is 12.1 Å². The largest absolute Gasteiger partial charge is 0.369 e. The molecular weight excluding hydrogens is 259 g/mol. The molecule has 0 fully saturated rings. The number of anilines is 1. The smallest absolute Gasteiger partial charge is 0.272 e. The van der Waals surface area contributed by atoms with Crippen LogP contribution in [-0.2, 0) is 6.54 Å². The number of hydrogen-bond acceptors (Lipinski definition) is 4. The van der Waals surface area contributed by atoms with E-state index >= 15 is 0 Å². The van der Waals surface area contributed by atoms with Gasteiger partial charge in [-0.15, -0.1) is 10.2 Å². The van der Waals surface area contributed by atoms with E-state index in [1.165, 1.54) is 12.1 Å². The lowest BCUT2D eigenvalue weighted by Gasteiger charge is -2.05. The van der Waals surface area contributed by atoms with Crippen LogP contribution in [0.1, 0.15) is 23.0 Å². The maximum atomic E-state index is 13.0. The first-order valence-corrected chi connectivity index (χ1v) is 6.29. The Bertz CT molecular complexity index is 586. The van der Waals surface area contributed by atoms with E-state index in [1.54, 1.807) is 24.3 Å². The van der Waals surface area contributed by atoms with Crippen LogP contribution in [0, 0.1) is 5.82 Å². The zero-order chi connectivity index (χ0) is 14.4. The Kier molecular flexibility index (Phi) is 4.60. The third kappa shape index (κ3) is 3.74. The van der Waals surface area contributed by atoms with E-state index in [2.05, 4.69) is 20.8 Å². The fourth-order valence-corrected chi connectivity index (χ4v) is 1.65. The van der Waals surface area contributed by atoms with Gasteiger partial charge in [0.05, 0.1) is 0 Å². The lowest BCUT2D eigenvalue weighted by molar-refractivity contribution is 0.0945. The van der Waals surface area contributed by atoms with Gasteiger partial charge in [-0.3, -0.25) is 4.79 Å². The predicted octanol–water partition coefficient (Wildman–Crippen LogP) is 1.98. The zero-order valence-corrected chi connectivity index (χ0v) is 11.1. The molecule has 0 radical (unpaired) electrons. The second kappa shape index (κ2) is 6.60. The molecule has 0 unspecified atom stereocenters. The van der Waals surface area contributed by atoms with Gasteiger partial charge >= 0.3 is 0 Å². The summed E-state index contributed by atoms with van der Waals surface area (Å²) in [4.78, 5) is 11.8. The van der Waals surface area contributed by atoms with Crippen molar-refractivity contribution in [3.05, 3.63) is 53.5 Å². The maximum absolute atomic E-state index is 13.0. The van der Waals surface area contributed by atoms with Gasteiger partial charge < -0.3 is 10.6 Å². The molecule has 5 nitrogen and oxygen atoms in total. The summed E-state index contributed by atoms with van der Waals surface area (Å²) >= 11 is 0. The minimum absolute atomic E-state index is 0.225. The summed E-state index contributed by atoms with van der Waals surface area (Å²) in [5.41, 5.74) is 0.915. The van der Waals surface area contributed by atoms with Crippen LogP contribution in [0.5, 0.6) is 0 Å². The van der Waals surface area contributed by atoms with Gasteiger partial charge in [-0.05, 0) is 36.8 Å². The monoisotopic (exact) mass is 274 g/mol. The average molecular weight is 274 g/mol. The first kappa shape index (κ1) is 13.9. The quantitative estimate of drug-likeness (QED) is 0.875. The van der Waals surface area contributed by atoms with Gasteiger partial charge in [-0.25, -0.2) is 4.39 Å². The summed E-state index contributed by atoms with van der Waals surface area (Å²) in [7, 11) is 0. The lowest BCUT2D eigenvalue weighted by Crippen LogP contribution is -2.24. The molecule has 0 saturated carbocycles. The molecule has 0 aliphatic carbocycles. The normalized spacial score (nSPS) is 10.1. The number of amides is 1. The van der Waals surface area contributed by atoms with E-state index in [9.17, 15) is 9.18 Å². The lowest BCUT2D eigenvalue weighted by atomic mass is 10.2. The van der Waals surface area contributed by atoms with Crippen molar-refractivity contribution in [3.8, 4) is 0 Å². The molecule has 0 atom stereocenters. The number of carbonyl (C=O) groups excluding carboxylic acids is 1. The maximum Gasteiger partial charge on any atom is 0.272 e. The molecule has 20 heavy (non-hydrogen) atoms. The van der Waals surface area contributed by atoms with Gasteiger partial charge in [0.25, 0.3) is 5.91 Å². The van der Waals surface area contributed by atoms with E-state index in [0.717, 1.165) is 6.54 Å². The molecule has 6 heteroatoms. The van der Waals surface area contributed by atoms with Gasteiger partial charge in [0.1, 0.15) is 11.6 Å². The Balaban J connectivity index is 1.94. The van der Waals surface area contributed by atoms with E-state index in [0.29, 0.717) is 11.4 Å². The second-order valence-electron chi connectivity index (χ2n) is 4.15. The first-order valence-electron chi connectivity index (χ1n) is 6.29. The molecule has 104 valence electrons. The highest BCUT2D eigenvalue weighted by Crippen LogP contribution is 2.04. The summed E-state index contributed by atoms with van der Waals surface area (Å²) < 4.78 is 13.0. The Hall–Kier alpha value is -2.50. The molecule has 1 amide bonds. The topological polar surface area (TPSA) is 66.9 Å². The average Bonchev–Trinajstić information content (AvgIpc) is 2.46. The highest BCUT2D eigenvalue weighted by molar-refractivity contribution is 5.92. The van der Waals surface area contributed by atoms with Crippen molar-refractivity contribution in [2.24, 2.45) is 0 Å². The van der Waals surface area contributed by atoms with Crippen LogP contribution in [0.25, 0.3) is 0 Å². The van der Waals surface area contributed by atoms with Crippen molar-refractivity contribution < 1.29 is 9.18 Å². The number of halogens is 1. The number of benzene rings is 1. The third-order valence-corrected chi connectivity index (χ3v) is 2.60. The Morgan fingerprint density at radius 2 is 2.10 bits per heavy atom. The van der Waals surface area contributed by atoms with Crippen molar-refractivity contribution >= 4 is 11.7 Å². The molecule has 1 heterocycles. The standard InChI is InChI=1S/C14H15FN4O/c1-2-16-13-7-6-12(18-19-13)14(20)17-9-10-4-3-5-11(15)8-10/h3-8H,2,9H2,1H3,(H,16,19)(H,17,20). The highest BCUT2D eigenvalue weighted by atomic mass is 19.1. The van der Waals surface area contributed by atoms with Gasteiger partial charge in [-0.2, -0.15) is 0 Å². The van der Waals surface area contributed by atoms with E-state index < -0.39 is 0 Å². The Labute approximate surface area is 116 Å². The van der Waals surface area contributed by atoms with E-state index in [-0.39, 0.29) is 24.0 Å². The highest BCUT2D eigenvalue weighted by Gasteiger charge is 2.07. The van der Waals surface area contributed by atoms with Gasteiger partial charge in [0.15, 0.2) is 5.69 Å². The fraction of sp³-hybridized carbons (Fsp3) is 0.214. The van der Waals surface area contributed by atoms with Crippen LogP contribution in [0.2, 0.25) is 0 Å². The number of carbonyl (C=O) groups is 1. The molecule has 2 aromatic rings. The SMILES string of the molecule is CCNc1ccc(C(=O)NCc2cccc(F)c2)nn1. The van der Waals surface area contributed by atoms with Crippen LogP contribution in [-0.4, -0.2) is 22.6 Å². The minimum Gasteiger partial charge on any atom is -0.369 e. The van der Waals surface area contributed by atoms with Crippen LogP contribution >= 0.6 is 0 Å². The molecule has 2 N–H and O–H groups in total. The van der Waals surface area contributed by atoms with Crippen molar-refractivity contribution in [2.75, 3.05) is 11.9 Å². The molecule has 0 aliphatic rings. The third-order valence-electron chi connectivity index (χ3n) is 2.60. The summed E-state index contributed by atoms with van der Waals surface area (Å²) in [6.45, 7) is 2.92. The first-order chi connectivity index (χ1) is 9.69. The van der Waals surface area contributed by atoms with Gasteiger partial charge in [0, 0.05) is 13.1 Å². The molecule has 0 saturated heterocycles. The van der Waals surface area contributed by atoms with Crippen LogP contribution < -0.4 is 10.6 Å². The van der Waals surface area contributed by atoms with Crippen LogP contribution in [0.3, 0.4) is 0 Å². The number of rotatable bonds is 5. The van der Waals surface area contributed by atoms with Crippen molar-refractivity contribution in [2.45, 2.75) is 13.5 Å². The summed E-state index contributed by atoms with van der Waals surface area (Å²) in [5.74, 6) is -0.0504. The van der Waals surface area contributed by atoms with Crippen molar-refractivity contribution in [1.29, 1.82) is 0 Å². The van der Waals surface area contributed by atoms with E-state index in [1.807, 2.05) is 6.92 Å². The zero-order valence-electron chi connectivity index (χ0n) is 11.1. The predicted molar refractivity (Wildman–Crippen MR) is 73.8 cm³/mol. The summed E-state index contributed by atoms with van der Waals surface area (Å²) in [6.07, 6.45) is 0. The second-order valence-corrected chi connectivity index (χ2v) is 4.15. The summed E-state index contributed by atoms with van der Waals surface area (Å²) in [5, 5.41) is 13.4. The van der Waals surface area contributed by atoms with Crippen molar-refractivity contribution in [3.63, 3.8) is 0 Å². The van der Waals surface area contributed by atoms with Crippen LogP contribution in [0.15, 0.2) is 36.4 Å². The van der Waals surface area contributed by atoms with E-state index in [4.69, 9.17) is 0 Å². The Morgan fingerprint density at radius 3 is 2.75 bits per heavy atom. The molecule has 1 aromatic heterocycles. The molecule has 0 bridgehead atoms. The fourth-order valence-electron chi connectivity index (χ4n) is 1.65. The number of nitrogens with zero attached hydrogens (tertiary/aromatic N) is 2. The molecule has 1 aromatic carbocycles. The molecule has 0 aliphatic heterocycles. The van der Waals surface area contributed by atoms with Gasteiger partial charge in [0.2, 0.25) is 0 Å². The number of hydrogen-bond donors (Lipinski definition) is 2. The minimum atomic E-state index is -0.343. The molecule has 0 spiro atoms. The molecule has 2 rings (SSSR count). The Morgan fingerprint density at radius 1 is 1.25 bits per heavy atom. The summed E-state index contributed by atoms with van der Waals surface area (Å²) in [6, 6.07) is 9.35.